The average molecular weight is 272 g/mol. The molecule has 1 aromatic heterocycles. The van der Waals surface area contributed by atoms with Crippen LogP contribution in [0.25, 0.3) is 0 Å². The molecule has 0 amide bonds. The summed E-state index contributed by atoms with van der Waals surface area (Å²) in [7, 11) is 0. The first-order valence-electron chi connectivity index (χ1n) is 5.66. The molecule has 100 valence electrons. The highest BCUT2D eigenvalue weighted by atomic mass is 32.1. The predicted molar refractivity (Wildman–Crippen MR) is 68.5 cm³/mol. The Balaban J connectivity index is 3.20. The zero-order valence-corrected chi connectivity index (χ0v) is 11.1. The van der Waals surface area contributed by atoms with Crippen molar-refractivity contribution in [3.63, 3.8) is 0 Å². The van der Waals surface area contributed by atoms with Crippen molar-refractivity contribution in [2.75, 3.05) is 0 Å². The number of hydrogen-bond donors (Lipinski definition) is 3. The normalized spacial score (nSPS) is 12.3. The van der Waals surface area contributed by atoms with Crippen LogP contribution in [0.15, 0.2) is 4.79 Å². The van der Waals surface area contributed by atoms with Crippen LogP contribution >= 0.6 is 12.2 Å². The number of H-pyrrole nitrogens is 1. The fourth-order valence-corrected chi connectivity index (χ4v) is 2.11. The van der Waals surface area contributed by atoms with Crippen LogP contribution in [0.2, 0.25) is 0 Å². The smallest absolute Gasteiger partial charge is 0.303 e. The number of carboxylic acids is 1. The van der Waals surface area contributed by atoms with Crippen molar-refractivity contribution in [1.29, 1.82) is 0 Å². The Morgan fingerprint density at radius 1 is 1.56 bits per heavy atom. The maximum Gasteiger partial charge on any atom is 0.303 e. The quantitative estimate of drug-likeness (QED) is 0.708. The van der Waals surface area contributed by atoms with E-state index >= 15 is 0 Å². The summed E-state index contributed by atoms with van der Waals surface area (Å²) in [5, 5.41) is 18.6. The Hall–Kier alpha value is -1.63. The Labute approximate surface area is 109 Å². The zero-order chi connectivity index (χ0) is 13.9. The first-order valence-corrected chi connectivity index (χ1v) is 6.07. The topological polar surface area (TPSA) is 95.3 Å². The average Bonchev–Trinajstić information content (AvgIpc) is 2.26. The lowest BCUT2D eigenvalue weighted by atomic mass is 9.98. The summed E-state index contributed by atoms with van der Waals surface area (Å²) in [5.41, 5.74) is -0.271. The van der Waals surface area contributed by atoms with Gasteiger partial charge in [0.05, 0.1) is 5.56 Å². The van der Waals surface area contributed by atoms with Gasteiger partial charge in [0.25, 0.3) is 5.56 Å². The molecule has 1 rings (SSSR count). The van der Waals surface area contributed by atoms with Crippen molar-refractivity contribution < 1.29 is 15.0 Å². The Morgan fingerprint density at radius 3 is 2.67 bits per heavy atom. The van der Waals surface area contributed by atoms with E-state index in [4.69, 9.17) is 17.3 Å². The molecular weight excluding hydrogens is 256 g/mol. The van der Waals surface area contributed by atoms with E-state index < -0.39 is 11.5 Å². The molecule has 1 heterocycles. The van der Waals surface area contributed by atoms with Crippen LogP contribution in [0.3, 0.4) is 0 Å². The second-order valence-corrected chi connectivity index (χ2v) is 4.46. The molecule has 0 saturated carbocycles. The molecule has 0 bridgehead atoms. The first kappa shape index (κ1) is 14.4. The van der Waals surface area contributed by atoms with Gasteiger partial charge in [0.15, 0.2) is 4.77 Å². The van der Waals surface area contributed by atoms with Gasteiger partial charge in [0.2, 0.25) is 5.88 Å². The summed E-state index contributed by atoms with van der Waals surface area (Å²) >= 11 is 4.93. The van der Waals surface area contributed by atoms with Gasteiger partial charge in [0.1, 0.15) is 0 Å². The molecule has 1 aromatic rings. The molecule has 1 unspecified atom stereocenters. The van der Waals surface area contributed by atoms with Gasteiger partial charge in [-0.3, -0.25) is 19.1 Å². The largest absolute Gasteiger partial charge is 0.494 e. The van der Waals surface area contributed by atoms with Crippen molar-refractivity contribution >= 4 is 18.2 Å². The van der Waals surface area contributed by atoms with E-state index in [0.717, 1.165) is 0 Å². The molecule has 0 radical (unpaired) electrons. The number of hydrogen-bond acceptors (Lipinski definition) is 4. The molecule has 3 N–H and O–H groups in total. The maximum atomic E-state index is 11.8. The highest BCUT2D eigenvalue weighted by Crippen LogP contribution is 2.25. The fraction of sp³-hybridized carbons (Fsp3) is 0.545. The number of aromatic nitrogens is 2. The second-order valence-electron chi connectivity index (χ2n) is 4.07. The summed E-state index contributed by atoms with van der Waals surface area (Å²) in [4.78, 5) is 24.8. The zero-order valence-electron chi connectivity index (χ0n) is 10.3. The lowest BCUT2D eigenvalue weighted by Gasteiger charge is -2.15. The van der Waals surface area contributed by atoms with Crippen LogP contribution in [-0.4, -0.2) is 25.7 Å². The highest BCUT2D eigenvalue weighted by Gasteiger charge is 2.19. The molecular formula is C11H16N2O4S. The van der Waals surface area contributed by atoms with Crippen molar-refractivity contribution in [3.8, 4) is 5.88 Å². The molecule has 0 fully saturated rings. The van der Waals surface area contributed by atoms with Crippen LogP contribution in [0.4, 0.5) is 0 Å². The molecule has 0 aromatic carbocycles. The molecule has 0 saturated heterocycles. The number of rotatable bonds is 5. The fourth-order valence-electron chi connectivity index (χ4n) is 1.80. The molecule has 0 aliphatic rings. The van der Waals surface area contributed by atoms with Crippen LogP contribution in [0.1, 0.15) is 38.2 Å². The maximum absolute atomic E-state index is 11.8. The standard InChI is InChI=1S/C11H16N2O4S/c1-3-13-10(17)8(9(16)12-11(13)18)6(2)4-5-7(14)15/h6,17H,3-5H2,1-2H3,(H,14,15)(H,12,16,18). The third kappa shape index (κ3) is 2.98. The number of nitrogens with one attached hydrogen (secondary N) is 1. The van der Waals surface area contributed by atoms with Crippen LogP contribution in [0, 0.1) is 4.77 Å². The van der Waals surface area contributed by atoms with Gasteiger partial charge < -0.3 is 10.2 Å². The van der Waals surface area contributed by atoms with Crippen LogP contribution in [-0.2, 0) is 11.3 Å². The summed E-state index contributed by atoms with van der Waals surface area (Å²) in [6.45, 7) is 3.93. The lowest BCUT2D eigenvalue weighted by molar-refractivity contribution is -0.137. The Bertz CT molecular complexity index is 561. The monoisotopic (exact) mass is 272 g/mol. The molecule has 7 heteroatoms. The minimum atomic E-state index is -0.930. The van der Waals surface area contributed by atoms with Gasteiger partial charge in [-0.15, -0.1) is 0 Å². The Morgan fingerprint density at radius 2 is 2.17 bits per heavy atom. The summed E-state index contributed by atoms with van der Waals surface area (Å²) in [6.07, 6.45) is 0.230. The molecule has 1 atom stereocenters. The van der Waals surface area contributed by atoms with Crippen LogP contribution in [0.5, 0.6) is 5.88 Å². The van der Waals surface area contributed by atoms with Gasteiger partial charge in [-0.05, 0) is 31.5 Å². The van der Waals surface area contributed by atoms with E-state index in [0.29, 0.717) is 6.54 Å². The number of carboxylic acid groups (broad SMARTS) is 1. The molecule has 6 nitrogen and oxygen atoms in total. The number of nitrogens with zero attached hydrogens (tertiary/aromatic N) is 1. The van der Waals surface area contributed by atoms with Crippen molar-refractivity contribution in [2.24, 2.45) is 0 Å². The minimum absolute atomic E-state index is 0.0538. The third-order valence-electron chi connectivity index (χ3n) is 2.81. The molecule has 0 aliphatic carbocycles. The second kappa shape index (κ2) is 5.81. The number of aliphatic carboxylic acids is 1. The van der Waals surface area contributed by atoms with Crippen molar-refractivity contribution in [3.05, 3.63) is 20.7 Å². The lowest BCUT2D eigenvalue weighted by Crippen LogP contribution is -2.20. The van der Waals surface area contributed by atoms with E-state index in [1.807, 2.05) is 0 Å². The summed E-state index contributed by atoms with van der Waals surface area (Å²) in [6, 6.07) is 0. The van der Waals surface area contributed by atoms with Gasteiger partial charge in [-0.1, -0.05) is 6.92 Å². The van der Waals surface area contributed by atoms with E-state index in [2.05, 4.69) is 4.98 Å². The van der Waals surface area contributed by atoms with Crippen LogP contribution < -0.4 is 5.56 Å². The molecule has 0 spiro atoms. The predicted octanol–water partition coefficient (Wildman–Crippen LogP) is 1.60. The summed E-state index contributed by atoms with van der Waals surface area (Å²) in [5.74, 6) is -1.46. The van der Waals surface area contributed by atoms with Crippen molar-refractivity contribution in [1.82, 2.24) is 9.55 Å². The minimum Gasteiger partial charge on any atom is -0.494 e. The van der Waals surface area contributed by atoms with Gasteiger partial charge in [-0.25, -0.2) is 0 Å². The molecule has 0 aliphatic heterocycles. The van der Waals surface area contributed by atoms with Gasteiger partial charge in [-0.2, -0.15) is 0 Å². The van der Waals surface area contributed by atoms with Gasteiger partial charge >= 0.3 is 5.97 Å². The van der Waals surface area contributed by atoms with E-state index in [9.17, 15) is 14.7 Å². The van der Waals surface area contributed by atoms with E-state index in [1.54, 1.807) is 13.8 Å². The highest BCUT2D eigenvalue weighted by molar-refractivity contribution is 7.71. The van der Waals surface area contributed by atoms with E-state index in [-0.39, 0.29) is 35.0 Å². The van der Waals surface area contributed by atoms with Crippen molar-refractivity contribution in [2.45, 2.75) is 39.2 Å². The Kier molecular flexibility index (Phi) is 4.66. The number of carbonyl (C=O) groups is 1. The first-order chi connectivity index (χ1) is 8.38. The van der Waals surface area contributed by atoms with E-state index in [1.165, 1.54) is 4.57 Å². The summed E-state index contributed by atoms with van der Waals surface area (Å²) < 4.78 is 1.57. The number of aromatic amines is 1. The number of aromatic hydroxyl groups is 1. The third-order valence-corrected chi connectivity index (χ3v) is 3.13. The molecule has 18 heavy (non-hydrogen) atoms. The van der Waals surface area contributed by atoms with Gasteiger partial charge in [0, 0.05) is 13.0 Å². The SMILES string of the molecule is CCn1c(O)c(C(C)CCC(=O)O)c(=O)[nH]c1=S.